The van der Waals surface area contributed by atoms with Crippen LogP contribution in [0, 0.1) is 11.8 Å². The molecule has 0 aromatic heterocycles. The Balaban J connectivity index is 2.28. The topological polar surface area (TPSA) is 46.6 Å². The van der Waals surface area contributed by atoms with Crippen molar-refractivity contribution >= 4 is 12.0 Å². The number of hydrogen-bond donors (Lipinski definition) is 0. The van der Waals surface area contributed by atoms with Gasteiger partial charge in [-0.05, 0) is 18.8 Å². The molecule has 1 saturated heterocycles. The van der Waals surface area contributed by atoms with Crippen molar-refractivity contribution in [2.75, 3.05) is 13.2 Å². The molecule has 4 nitrogen and oxygen atoms in total. The number of unbranched alkanes of at least 4 members (excludes halogenated alkanes) is 3. The fourth-order valence-corrected chi connectivity index (χ4v) is 2.27. The zero-order chi connectivity index (χ0) is 13.5. The molecule has 1 atom stereocenters. The Labute approximate surface area is 110 Å². The molecule has 1 aliphatic heterocycles. The van der Waals surface area contributed by atoms with Gasteiger partial charge in [0.15, 0.2) is 0 Å². The number of likely N-dealkylation sites (tertiary alicyclic amines) is 1. The molecular weight excluding hydrogens is 230 g/mol. The van der Waals surface area contributed by atoms with Crippen molar-refractivity contribution in [2.24, 2.45) is 11.8 Å². The number of amides is 2. The molecule has 0 radical (unpaired) electrons. The molecule has 1 heterocycles. The Morgan fingerprint density at radius 3 is 2.67 bits per heavy atom. The lowest BCUT2D eigenvalue weighted by Crippen LogP contribution is -2.35. The zero-order valence-electron chi connectivity index (χ0n) is 11.8. The van der Waals surface area contributed by atoms with Crippen LogP contribution in [0.3, 0.4) is 0 Å². The molecule has 104 valence electrons. The maximum Gasteiger partial charge on any atom is 0.416 e. The van der Waals surface area contributed by atoms with Crippen LogP contribution in [0.2, 0.25) is 0 Å². The molecule has 0 unspecified atom stereocenters. The van der Waals surface area contributed by atoms with Gasteiger partial charge in [-0.2, -0.15) is 0 Å². The lowest BCUT2D eigenvalue weighted by atomic mass is 9.95. The third-order valence-corrected chi connectivity index (χ3v) is 3.50. The van der Waals surface area contributed by atoms with E-state index in [0.29, 0.717) is 19.1 Å². The first kappa shape index (κ1) is 15.0. The molecule has 0 aromatic carbocycles. The minimum Gasteiger partial charge on any atom is -0.449 e. The summed E-state index contributed by atoms with van der Waals surface area (Å²) in [5.41, 5.74) is 0. The van der Waals surface area contributed by atoms with E-state index in [1.165, 1.54) is 4.90 Å². The first-order valence-corrected chi connectivity index (χ1v) is 7.06. The first-order chi connectivity index (χ1) is 8.57. The Hall–Kier alpha value is -1.06. The molecule has 4 heteroatoms. The highest BCUT2D eigenvalue weighted by molar-refractivity contribution is 5.95. The summed E-state index contributed by atoms with van der Waals surface area (Å²) in [5.74, 6) is 0.209. The van der Waals surface area contributed by atoms with E-state index in [1.54, 1.807) is 0 Å². The van der Waals surface area contributed by atoms with Gasteiger partial charge in [0.05, 0.1) is 6.61 Å². The molecular formula is C14H25NO3. The Kier molecular flexibility index (Phi) is 6.16. The Morgan fingerprint density at radius 2 is 2.11 bits per heavy atom. The minimum atomic E-state index is -0.459. The first-order valence-electron chi connectivity index (χ1n) is 7.06. The fraction of sp³-hybridized carbons (Fsp3) is 0.857. The number of ether oxygens (including phenoxy) is 1. The van der Waals surface area contributed by atoms with Crippen LogP contribution in [0.15, 0.2) is 0 Å². The summed E-state index contributed by atoms with van der Waals surface area (Å²) in [6.45, 7) is 7.11. The van der Waals surface area contributed by atoms with Gasteiger partial charge in [-0.1, -0.05) is 40.0 Å². The average Bonchev–Trinajstić information content (AvgIpc) is 2.70. The van der Waals surface area contributed by atoms with E-state index in [1.807, 2.05) is 13.8 Å². The highest BCUT2D eigenvalue weighted by Gasteiger charge is 2.37. The lowest BCUT2D eigenvalue weighted by molar-refractivity contribution is -0.130. The third-order valence-electron chi connectivity index (χ3n) is 3.50. The van der Waals surface area contributed by atoms with E-state index in [0.717, 1.165) is 32.1 Å². The van der Waals surface area contributed by atoms with Crippen molar-refractivity contribution in [2.45, 2.75) is 52.9 Å². The minimum absolute atomic E-state index is 0.0161. The highest BCUT2D eigenvalue weighted by Crippen LogP contribution is 2.25. The molecule has 0 N–H and O–H groups in total. The molecule has 1 fully saturated rings. The summed E-state index contributed by atoms with van der Waals surface area (Å²) in [7, 11) is 0. The Morgan fingerprint density at radius 1 is 1.39 bits per heavy atom. The van der Waals surface area contributed by atoms with Crippen molar-refractivity contribution in [1.29, 1.82) is 0 Å². The van der Waals surface area contributed by atoms with Crippen molar-refractivity contribution in [3.05, 3.63) is 0 Å². The van der Waals surface area contributed by atoms with Crippen molar-refractivity contribution in [3.8, 4) is 0 Å². The molecule has 1 rings (SSSR count). The third kappa shape index (κ3) is 4.00. The number of rotatable bonds is 6. The van der Waals surface area contributed by atoms with Gasteiger partial charge in [-0.15, -0.1) is 0 Å². The summed E-state index contributed by atoms with van der Waals surface area (Å²) >= 11 is 0. The molecule has 0 spiro atoms. The molecule has 1 aliphatic rings. The summed E-state index contributed by atoms with van der Waals surface area (Å²) in [4.78, 5) is 25.0. The van der Waals surface area contributed by atoms with Gasteiger partial charge in [-0.25, -0.2) is 9.69 Å². The molecule has 0 aromatic rings. The van der Waals surface area contributed by atoms with Gasteiger partial charge >= 0.3 is 6.09 Å². The van der Waals surface area contributed by atoms with Gasteiger partial charge < -0.3 is 4.74 Å². The second-order valence-electron chi connectivity index (χ2n) is 5.30. The van der Waals surface area contributed by atoms with Crippen LogP contribution in [0.4, 0.5) is 4.79 Å². The average molecular weight is 255 g/mol. The zero-order valence-corrected chi connectivity index (χ0v) is 11.8. The van der Waals surface area contributed by atoms with E-state index in [9.17, 15) is 9.59 Å². The van der Waals surface area contributed by atoms with Crippen LogP contribution in [-0.4, -0.2) is 30.1 Å². The van der Waals surface area contributed by atoms with Gasteiger partial charge in [0.2, 0.25) is 5.91 Å². The SMILES string of the molecule is CCCCCCOC(=O)N1CC[C@@H](C(C)C)C1=O. The Bertz CT molecular complexity index is 289. The number of hydrogen-bond acceptors (Lipinski definition) is 3. The lowest BCUT2D eigenvalue weighted by Gasteiger charge is -2.16. The number of carbonyl (C=O) groups is 2. The number of imide groups is 1. The second-order valence-corrected chi connectivity index (χ2v) is 5.30. The predicted octanol–water partition coefficient (Wildman–Crippen LogP) is 3.21. The van der Waals surface area contributed by atoms with Crippen LogP contribution in [0.1, 0.15) is 52.9 Å². The van der Waals surface area contributed by atoms with E-state index < -0.39 is 6.09 Å². The van der Waals surface area contributed by atoms with E-state index in [2.05, 4.69) is 6.92 Å². The van der Waals surface area contributed by atoms with Crippen molar-refractivity contribution in [1.82, 2.24) is 4.90 Å². The number of nitrogens with zero attached hydrogens (tertiary/aromatic N) is 1. The van der Waals surface area contributed by atoms with E-state index in [-0.39, 0.29) is 11.8 Å². The molecule has 0 aliphatic carbocycles. The quantitative estimate of drug-likeness (QED) is 0.685. The number of carbonyl (C=O) groups excluding carboxylic acids is 2. The largest absolute Gasteiger partial charge is 0.449 e. The molecule has 18 heavy (non-hydrogen) atoms. The summed E-state index contributed by atoms with van der Waals surface area (Å²) in [6.07, 6.45) is 4.59. The van der Waals surface area contributed by atoms with Crippen LogP contribution < -0.4 is 0 Å². The van der Waals surface area contributed by atoms with E-state index in [4.69, 9.17) is 4.74 Å². The highest BCUT2D eigenvalue weighted by atomic mass is 16.6. The van der Waals surface area contributed by atoms with Crippen LogP contribution in [-0.2, 0) is 9.53 Å². The second kappa shape index (κ2) is 7.39. The maximum absolute atomic E-state index is 11.9. The maximum atomic E-state index is 11.9. The van der Waals surface area contributed by atoms with Gasteiger partial charge in [0.1, 0.15) is 0 Å². The molecule has 0 saturated carbocycles. The van der Waals surface area contributed by atoms with Crippen molar-refractivity contribution < 1.29 is 14.3 Å². The summed E-state index contributed by atoms with van der Waals surface area (Å²) < 4.78 is 5.14. The predicted molar refractivity (Wildman–Crippen MR) is 70.1 cm³/mol. The summed E-state index contributed by atoms with van der Waals surface area (Å²) in [6, 6.07) is 0. The fourth-order valence-electron chi connectivity index (χ4n) is 2.27. The van der Waals surface area contributed by atoms with Crippen LogP contribution in [0.5, 0.6) is 0 Å². The van der Waals surface area contributed by atoms with Crippen LogP contribution >= 0.6 is 0 Å². The standard InChI is InChI=1S/C14H25NO3/c1-4-5-6-7-10-18-14(17)15-9-8-12(11(2)3)13(15)16/h11-12H,4-10H2,1-3H3/t12-/m0/s1. The van der Waals surface area contributed by atoms with Crippen LogP contribution in [0.25, 0.3) is 0 Å². The molecule has 2 amide bonds. The van der Waals surface area contributed by atoms with E-state index >= 15 is 0 Å². The molecule has 0 bridgehead atoms. The van der Waals surface area contributed by atoms with Gasteiger partial charge in [0.25, 0.3) is 0 Å². The monoisotopic (exact) mass is 255 g/mol. The van der Waals surface area contributed by atoms with Gasteiger partial charge in [-0.3, -0.25) is 4.79 Å². The van der Waals surface area contributed by atoms with Gasteiger partial charge in [0, 0.05) is 12.5 Å². The van der Waals surface area contributed by atoms with Crippen molar-refractivity contribution in [3.63, 3.8) is 0 Å². The normalized spacial score (nSPS) is 19.7. The summed E-state index contributed by atoms with van der Waals surface area (Å²) in [5, 5.41) is 0. The smallest absolute Gasteiger partial charge is 0.416 e.